The van der Waals surface area contributed by atoms with Crippen LogP contribution in [0.15, 0.2) is 24.3 Å². The highest BCUT2D eigenvalue weighted by Gasteiger charge is 2.29. The fourth-order valence-electron chi connectivity index (χ4n) is 1.41. The maximum absolute atomic E-state index is 12.0. The molecule has 1 atom stereocenters. The molecule has 0 aliphatic heterocycles. The van der Waals surface area contributed by atoms with Gasteiger partial charge in [0.05, 0.1) is 6.04 Å². The van der Waals surface area contributed by atoms with Crippen LogP contribution in [-0.2, 0) is 4.79 Å². The van der Waals surface area contributed by atoms with Gasteiger partial charge in [0.15, 0.2) is 6.61 Å². The van der Waals surface area contributed by atoms with Gasteiger partial charge in [0.25, 0.3) is 0 Å². The molecule has 0 fully saturated rings. The van der Waals surface area contributed by atoms with E-state index >= 15 is 0 Å². The quantitative estimate of drug-likeness (QED) is 0.883. The highest BCUT2D eigenvalue weighted by molar-refractivity contribution is 5.95. The van der Waals surface area contributed by atoms with E-state index in [1.54, 1.807) is 0 Å². The summed E-state index contributed by atoms with van der Waals surface area (Å²) in [4.78, 5) is 11.9. The molecule has 0 saturated heterocycles. The molecule has 0 aliphatic carbocycles. The number of ether oxygens (including phenoxy) is 1. The Morgan fingerprint density at radius 1 is 1.23 bits per heavy atom. The first-order chi connectivity index (χ1) is 9.49. The minimum absolute atomic E-state index is 0. The largest absolute Gasteiger partial charge is 0.484 e. The molecule has 0 unspecified atom stereocenters. The van der Waals surface area contributed by atoms with Crippen LogP contribution < -0.4 is 15.8 Å². The van der Waals surface area contributed by atoms with Crippen molar-refractivity contribution in [2.24, 2.45) is 11.1 Å². The molecular weight excluding hydrogens is 321 g/mol. The molecule has 0 radical (unpaired) electrons. The molecular formula is C14H20ClF3N2O2. The number of amides is 1. The third-order valence-electron chi connectivity index (χ3n) is 2.74. The van der Waals surface area contributed by atoms with E-state index in [9.17, 15) is 18.0 Å². The van der Waals surface area contributed by atoms with Crippen LogP contribution in [-0.4, -0.2) is 24.7 Å². The molecule has 0 saturated carbocycles. The molecule has 0 bridgehead atoms. The van der Waals surface area contributed by atoms with Gasteiger partial charge in [0.2, 0.25) is 5.91 Å². The Morgan fingerprint density at radius 2 is 1.73 bits per heavy atom. The van der Waals surface area contributed by atoms with Gasteiger partial charge in [-0.3, -0.25) is 4.79 Å². The van der Waals surface area contributed by atoms with Crippen LogP contribution in [0.25, 0.3) is 0 Å². The predicted octanol–water partition coefficient (Wildman–Crippen LogP) is 3.36. The van der Waals surface area contributed by atoms with Crippen molar-refractivity contribution in [3.05, 3.63) is 24.3 Å². The van der Waals surface area contributed by atoms with Gasteiger partial charge >= 0.3 is 6.18 Å². The molecule has 1 aromatic carbocycles. The van der Waals surface area contributed by atoms with Crippen LogP contribution >= 0.6 is 12.4 Å². The van der Waals surface area contributed by atoms with Gasteiger partial charge in [0.1, 0.15) is 5.75 Å². The number of benzene rings is 1. The Balaban J connectivity index is 0.00000441. The zero-order valence-electron chi connectivity index (χ0n) is 12.5. The maximum atomic E-state index is 12.0. The zero-order valence-corrected chi connectivity index (χ0v) is 13.3. The average Bonchev–Trinajstić information content (AvgIpc) is 2.35. The van der Waals surface area contributed by atoms with Gasteiger partial charge in [-0.1, -0.05) is 20.8 Å². The van der Waals surface area contributed by atoms with Gasteiger partial charge in [-0.05, 0) is 29.7 Å². The van der Waals surface area contributed by atoms with Crippen LogP contribution in [0.2, 0.25) is 0 Å². The van der Waals surface area contributed by atoms with E-state index in [0.29, 0.717) is 5.69 Å². The third-order valence-corrected chi connectivity index (χ3v) is 2.74. The van der Waals surface area contributed by atoms with Crippen molar-refractivity contribution in [1.82, 2.24) is 0 Å². The van der Waals surface area contributed by atoms with Crippen molar-refractivity contribution in [3.63, 3.8) is 0 Å². The maximum Gasteiger partial charge on any atom is 0.422 e. The summed E-state index contributed by atoms with van der Waals surface area (Å²) in [6.45, 7) is 4.16. The van der Waals surface area contributed by atoms with E-state index in [2.05, 4.69) is 10.1 Å². The number of hydrogen-bond donors (Lipinski definition) is 2. The number of rotatable bonds is 4. The van der Waals surface area contributed by atoms with Crippen LogP contribution in [0.5, 0.6) is 5.75 Å². The SMILES string of the molecule is CC(C)(C)[C@H](N)C(=O)Nc1ccc(OCC(F)(F)F)cc1.Cl. The van der Waals surface area contributed by atoms with Crippen LogP contribution in [0.4, 0.5) is 18.9 Å². The van der Waals surface area contributed by atoms with Crippen molar-refractivity contribution in [2.45, 2.75) is 33.0 Å². The van der Waals surface area contributed by atoms with Gasteiger partial charge in [-0.25, -0.2) is 0 Å². The van der Waals surface area contributed by atoms with Crippen molar-refractivity contribution >= 4 is 24.0 Å². The summed E-state index contributed by atoms with van der Waals surface area (Å²) >= 11 is 0. The Hall–Kier alpha value is -1.47. The smallest absolute Gasteiger partial charge is 0.422 e. The minimum atomic E-state index is -4.38. The highest BCUT2D eigenvalue weighted by atomic mass is 35.5. The summed E-state index contributed by atoms with van der Waals surface area (Å²) in [7, 11) is 0. The summed E-state index contributed by atoms with van der Waals surface area (Å²) in [6.07, 6.45) is -4.38. The van der Waals surface area contributed by atoms with E-state index < -0.39 is 18.8 Å². The molecule has 1 amide bonds. The molecule has 0 spiro atoms. The Kier molecular flexibility index (Phi) is 7.18. The lowest BCUT2D eigenvalue weighted by Gasteiger charge is -2.25. The van der Waals surface area contributed by atoms with Gasteiger partial charge in [-0.2, -0.15) is 13.2 Å². The Bertz CT molecular complexity index is 484. The third kappa shape index (κ3) is 7.00. The molecule has 4 nitrogen and oxygen atoms in total. The van der Waals surface area contributed by atoms with Gasteiger partial charge in [0, 0.05) is 5.69 Å². The molecule has 8 heteroatoms. The van der Waals surface area contributed by atoms with E-state index in [1.165, 1.54) is 24.3 Å². The lowest BCUT2D eigenvalue weighted by Crippen LogP contribution is -2.45. The Morgan fingerprint density at radius 3 is 2.14 bits per heavy atom. The highest BCUT2D eigenvalue weighted by Crippen LogP contribution is 2.22. The first-order valence-corrected chi connectivity index (χ1v) is 6.35. The monoisotopic (exact) mass is 340 g/mol. The minimum Gasteiger partial charge on any atom is -0.484 e. The fourth-order valence-corrected chi connectivity index (χ4v) is 1.41. The molecule has 0 aromatic heterocycles. The average molecular weight is 341 g/mol. The number of halogens is 4. The number of anilines is 1. The molecule has 1 aromatic rings. The predicted molar refractivity (Wildman–Crippen MR) is 81.3 cm³/mol. The Labute approximate surface area is 133 Å². The number of carbonyl (C=O) groups is 1. The van der Waals surface area contributed by atoms with E-state index in [0.717, 1.165) is 0 Å². The molecule has 0 aliphatic rings. The van der Waals surface area contributed by atoms with Crippen molar-refractivity contribution < 1.29 is 22.7 Å². The van der Waals surface area contributed by atoms with Crippen molar-refractivity contribution in [3.8, 4) is 5.75 Å². The van der Waals surface area contributed by atoms with Gasteiger partial charge in [-0.15, -0.1) is 12.4 Å². The number of nitrogens with one attached hydrogen (secondary N) is 1. The second-order valence-corrected chi connectivity index (χ2v) is 5.76. The van der Waals surface area contributed by atoms with Crippen molar-refractivity contribution in [2.75, 3.05) is 11.9 Å². The number of alkyl halides is 3. The molecule has 0 heterocycles. The molecule has 22 heavy (non-hydrogen) atoms. The summed E-state index contributed by atoms with van der Waals surface area (Å²) in [5.74, 6) is -0.281. The summed E-state index contributed by atoms with van der Waals surface area (Å²) < 4.78 is 40.6. The van der Waals surface area contributed by atoms with Gasteiger partial charge < -0.3 is 15.8 Å². The van der Waals surface area contributed by atoms with E-state index in [1.807, 2.05) is 20.8 Å². The molecule has 1 rings (SSSR count). The topological polar surface area (TPSA) is 64.4 Å². The zero-order chi connectivity index (χ0) is 16.3. The first kappa shape index (κ1) is 20.5. The van der Waals surface area contributed by atoms with E-state index in [4.69, 9.17) is 5.73 Å². The number of carbonyl (C=O) groups excluding carboxylic acids is 1. The standard InChI is InChI=1S/C14H19F3N2O2.ClH/c1-13(2,3)11(18)12(20)19-9-4-6-10(7-5-9)21-8-14(15,16)17;/h4-7,11H,8,18H2,1-3H3,(H,19,20);1H/t11-;/m1./s1. The lowest BCUT2D eigenvalue weighted by atomic mass is 9.87. The number of hydrogen-bond acceptors (Lipinski definition) is 3. The second-order valence-electron chi connectivity index (χ2n) is 5.76. The fraction of sp³-hybridized carbons (Fsp3) is 0.500. The molecule has 126 valence electrons. The molecule has 3 N–H and O–H groups in total. The van der Waals surface area contributed by atoms with E-state index in [-0.39, 0.29) is 29.5 Å². The van der Waals surface area contributed by atoms with Crippen LogP contribution in [0.3, 0.4) is 0 Å². The number of nitrogens with two attached hydrogens (primary N) is 1. The normalized spacial score (nSPS) is 13.0. The second kappa shape index (κ2) is 7.69. The van der Waals surface area contributed by atoms with Crippen LogP contribution in [0.1, 0.15) is 20.8 Å². The summed E-state index contributed by atoms with van der Waals surface area (Å²) in [5, 5.41) is 2.61. The summed E-state index contributed by atoms with van der Waals surface area (Å²) in [6, 6.07) is 4.92. The summed E-state index contributed by atoms with van der Waals surface area (Å²) in [5.41, 5.74) is 5.86. The van der Waals surface area contributed by atoms with Crippen molar-refractivity contribution in [1.29, 1.82) is 0 Å². The first-order valence-electron chi connectivity index (χ1n) is 6.35. The van der Waals surface area contributed by atoms with Crippen LogP contribution in [0, 0.1) is 5.41 Å². The lowest BCUT2D eigenvalue weighted by molar-refractivity contribution is -0.153.